The Balaban J connectivity index is 1.42. The Hall–Kier alpha value is -1.63. The van der Waals surface area contributed by atoms with E-state index in [4.69, 9.17) is 14.2 Å². The highest BCUT2D eigenvalue weighted by atomic mass is 16.5. The van der Waals surface area contributed by atoms with E-state index in [1.165, 1.54) is 27.1 Å². The van der Waals surface area contributed by atoms with E-state index in [-0.39, 0.29) is 40.9 Å². The maximum atomic E-state index is 12.8. The lowest BCUT2D eigenvalue weighted by Crippen LogP contribution is -2.59. The number of ether oxygens (including phenoxy) is 3. The smallest absolute Gasteiger partial charge is 0.309 e. The van der Waals surface area contributed by atoms with Crippen LogP contribution in [0.3, 0.4) is 0 Å². The molecule has 0 radical (unpaired) electrons. The number of methoxy groups -OCH3 is 2. The number of aliphatic hydroxyl groups is 1. The second-order valence-electron chi connectivity index (χ2n) is 14.0. The van der Waals surface area contributed by atoms with Gasteiger partial charge < -0.3 is 19.3 Å². The second kappa shape index (κ2) is 11.7. The van der Waals surface area contributed by atoms with Gasteiger partial charge in [-0.1, -0.05) is 34.6 Å². The number of hydrogen-bond acceptors (Lipinski definition) is 7. The van der Waals surface area contributed by atoms with Gasteiger partial charge in [-0.05, 0) is 104 Å². The van der Waals surface area contributed by atoms with E-state index >= 15 is 0 Å². The summed E-state index contributed by atoms with van der Waals surface area (Å²) >= 11 is 0. The summed E-state index contributed by atoms with van der Waals surface area (Å²) in [6.45, 7) is 10.5. The fraction of sp³-hybridized carbons (Fsp3) is 0.906. The van der Waals surface area contributed by atoms with Crippen LogP contribution in [0.1, 0.15) is 98.8 Å². The van der Waals surface area contributed by atoms with Gasteiger partial charge in [0.05, 0.1) is 32.2 Å². The molecule has 0 amide bonds. The summed E-state index contributed by atoms with van der Waals surface area (Å²) in [7, 11) is 2.79. The molecule has 4 rings (SSSR count). The van der Waals surface area contributed by atoms with Crippen LogP contribution in [-0.4, -0.2) is 49.4 Å². The highest BCUT2D eigenvalue weighted by Gasteiger charge is 2.63. The van der Waals surface area contributed by atoms with Crippen molar-refractivity contribution in [1.82, 2.24) is 0 Å². The van der Waals surface area contributed by atoms with E-state index < -0.39 is 11.8 Å². The number of fused-ring (bicyclic) bond motifs is 5. The summed E-state index contributed by atoms with van der Waals surface area (Å²) in [5.74, 6) is 1.02. The molecule has 10 unspecified atom stereocenters. The van der Waals surface area contributed by atoms with Crippen LogP contribution in [-0.2, 0) is 28.6 Å². The van der Waals surface area contributed by atoms with Crippen LogP contribution in [0.15, 0.2) is 0 Å². The van der Waals surface area contributed by atoms with Gasteiger partial charge in [0.1, 0.15) is 6.10 Å². The Morgan fingerprint density at radius 3 is 2.23 bits per heavy atom. The molecule has 39 heavy (non-hydrogen) atoms. The Morgan fingerprint density at radius 2 is 1.56 bits per heavy atom. The highest BCUT2D eigenvalue weighted by Crippen LogP contribution is 2.68. The average molecular weight is 549 g/mol. The minimum Gasteiger partial charge on any atom is -0.469 e. The Bertz CT molecular complexity index is 918. The van der Waals surface area contributed by atoms with Gasteiger partial charge in [0, 0.05) is 6.42 Å². The Labute approximate surface area is 235 Å². The van der Waals surface area contributed by atoms with Crippen LogP contribution < -0.4 is 0 Å². The lowest BCUT2D eigenvalue weighted by atomic mass is 9.43. The number of aliphatic hydroxyl groups excluding tert-OH is 1. The number of hydrogen-bond donors (Lipinski definition) is 1. The normalized spacial score (nSPS) is 41.7. The fourth-order valence-corrected chi connectivity index (χ4v) is 9.76. The average Bonchev–Trinajstić information content (AvgIpc) is 3.29. The molecule has 4 aliphatic rings. The van der Waals surface area contributed by atoms with E-state index in [2.05, 4.69) is 20.8 Å². The van der Waals surface area contributed by atoms with Crippen molar-refractivity contribution >= 4 is 17.9 Å². The summed E-state index contributed by atoms with van der Waals surface area (Å²) in [5, 5.41) is 11.8. The zero-order chi connectivity index (χ0) is 28.7. The molecule has 0 spiro atoms. The zero-order valence-corrected chi connectivity index (χ0v) is 25.2. The zero-order valence-electron chi connectivity index (χ0n) is 25.2. The minimum atomic E-state index is -0.530. The first-order valence-corrected chi connectivity index (χ1v) is 15.4. The molecule has 7 heteroatoms. The molecule has 4 fully saturated rings. The molecular weight excluding hydrogens is 496 g/mol. The molecule has 0 aliphatic heterocycles. The lowest BCUT2D eigenvalue weighted by Gasteiger charge is -2.62. The number of carbonyl (C=O) groups is 3. The first kappa shape index (κ1) is 30.3. The molecule has 0 aromatic carbocycles. The highest BCUT2D eigenvalue weighted by molar-refractivity contribution is 5.81. The summed E-state index contributed by atoms with van der Waals surface area (Å²) in [5.41, 5.74) is 0.0484. The lowest BCUT2D eigenvalue weighted by molar-refractivity contribution is -0.184. The molecule has 1 N–H and O–H groups in total. The van der Waals surface area contributed by atoms with Crippen molar-refractivity contribution in [3.63, 3.8) is 0 Å². The van der Waals surface area contributed by atoms with Crippen LogP contribution in [0, 0.1) is 58.2 Å². The molecule has 0 heterocycles. The van der Waals surface area contributed by atoms with Crippen LogP contribution in [0.25, 0.3) is 0 Å². The van der Waals surface area contributed by atoms with Gasteiger partial charge >= 0.3 is 17.9 Å². The molecule has 0 bridgehead atoms. The van der Waals surface area contributed by atoms with Crippen molar-refractivity contribution in [3.8, 4) is 0 Å². The van der Waals surface area contributed by atoms with E-state index in [0.29, 0.717) is 41.9 Å². The summed E-state index contributed by atoms with van der Waals surface area (Å²) < 4.78 is 15.7. The predicted octanol–water partition coefficient (Wildman–Crippen LogP) is 5.56. The van der Waals surface area contributed by atoms with Crippen LogP contribution >= 0.6 is 0 Å². The summed E-state index contributed by atoms with van der Waals surface area (Å²) in [4.78, 5) is 36.5. The van der Waals surface area contributed by atoms with Crippen LogP contribution in [0.5, 0.6) is 0 Å². The third-order valence-electron chi connectivity index (χ3n) is 12.5. The maximum absolute atomic E-state index is 12.8. The monoisotopic (exact) mass is 548 g/mol. The summed E-state index contributed by atoms with van der Waals surface area (Å²) in [6.07, 6.45) is 9.01. The van der Waals surface area contributed by atoms with Gasteiger partial charge in [-0.2, -0.15) is 0 Å². The van der Waals surface area contributed by atoms with Crippen molar-refractivity contribution in [2.24, 2.45) is 58.2 Å². The molecule has 0 saturated heterocycles. The van der Waals surface area contributed by atoms with E-state index in [9.17, 15) is 19.5 Å². The third-order valence-corrected chi connectivity index (χ3v) is 12.5. The van der Waals surface area contributed by atoms with Crippen LogP contribution in [0.2, 0.25) is 0 Å². The number of rotatable bonds is 8. The molecule has 0 aromatic heterocycles. The van der Waals surface area contributed by atoms with Crippen molar-refractivity contribution < 1.29 is 33.7 Å². The molecule has 4 aliphatic carbocycles. The standard InChI is InChI=1S/C32H52O7/c1-18(8-13-28(34)37-6)24-11-12-25-23-10-9-21-16-22(39-30(36)20(3)19(2)29(35)38-7)14-15-31(21,4)26(23)17-27(33)32(24,25)5/h18-27,33H,8-17H2,1-7H3/t18?,19?,20?,21?,22-,23?,24?,25?,26?,27+,31?,32?/m1/s1. The largest absolute Gasteiger partial charge is 0.469 e. The minimum absolute atomic E-state index is 0.0981. The van der Waals surface area contributed by atoms with Crippen molar-refractivity contribution in [2.75, 3.05) is 14.2 Å². The summed E-state index contributed by atoms with van der Waals surface area (Å²) in [6, 6.07) is 0. The Morgan fingerprint density at radius 1 is 0.872 bits per heavy atom. The molecule has 4 saturated carbocycles. The Kier molecular flexibility index (Phi) is 9.10. The molecular formula is C32H52O7. The van der Waals surface area contributed by atoms with Gasteiger partial charge in [0.25, 0.3) is 0 Å². The first-order chi connectivity index (χ1) is 18.4. The van der Waals surface area contributed by atoms with E-state index in [1.54, 1.807) is 13.8 Å². The van der Waals surface area contributed by atoms with E-state index in [0.717, 1.165) is 44.9 Å². The second-order valence-corrected chi connectivity index (χ2v) is 14.0. The third kappa shape index (κ3) is 5.38. The van der Waals surface area contributed by atoms with E-state index in [1.807, 2.05) is 0 Å². The SMILES string of the molecule is COC(=O)CCC(C)C1CCC2C3CCC4C[C@H](OC(=O)C(C)C(C)C(=O)OC)CCC4(C)C3C[C@H](O)C12C. The fourth-order valence-electron chi connectivity index (χ4n) is 9.76. The predicted molar refractivity (Wildman–Crippen MR) is 147 cm³/mol. The van der Waals surface area contributed by atoms with Gasteiger partial charge in [0.2, 0.25) is 0 Å². The maximum Gasteiger partial charge on any atom is 0.309 e. The van der Waals surface area contributed by atoms with Crippen molar-refractivity contribution in [1.29, 1.82) is 0 Å². The topological polar surface area (TPSA) is 99.1 Å². The molecule has 0 aromatic rings. The quantitative estimate of drug-likeness (QED) is 0.313. The molecule has 12 atom stereocenters. The van der Waals surface area contributed by atoms with Gasteiger partial charge in [0.15, 0.2) is 0 Å². The molecule has 222 valence electrons. The van der Waals surface area contributed by atoms with Crippen molar-refractivity contribution in [2.45, 2.75) is 111 Å². The van der Waals surface area contributed by atoms with Crippen LogP contribution in [0.4, 0.5) is 0 Å². The van der Waals surface area contributed by atoms with Crippen molar-refractivity contribution in [3.05, 3.63) is 0 Å². The van der Waals surface area contributed by atoms with Gasteiger partial charge in [-0.3, -0.25) is 14.4 Å². The first-order valence-electron chi connectivity index (χ1n) is 15.4. The number of carbonyl (C=O) groups excluding carboxylic acids is 3. The van der Waals surface area contributed by atoms with Gasteiger partial charge in [-0.25, -0.2) is 0 Å². The molecule has 7 nitrogen and oxygen atoms in total. The number of esters is 3. The van der Waals surface area contributed by atoms with Gasteiger partial charge in [-0.15, -0.1) is 0 Å².